The molecule has 4 nitrogen and oxygen atoms in total. The van der Waals surface area contributed by atoms with Gasteiger partial charge in [-0.2, -0.15) is 0 Å². The van der Waals surface area contributed by atoms with Crippen LogP contribution in [-0.2, 0) is 0 Å². The largest absolute Gasteiger partial charge is 0.355 e. The lowest BCUT2D eigenvalue weighted by Crippen LogP contribution is -2.37. The van der Waals surface area contributed by atoms with E-state index in [1.807, 2.05) is 85.5 Å². The number of hydrogen-bond acceptors (Lipinski definition) is 4. The Kier molecular flexibility index (Phi) is 11.9. The highest BCUT2D eigenvalue weighted by atomic mass is 79.9. The predicted octanol–water partition coefficient (Wildman–Crippen LogP) is 21.0. The maximum atomic E-state index is 8.79. The molecule has 388 valence electrons. The SMILES string of the molecule is Cc1cc(Cl)cc(Br)c1.[2H]c1c([2H])c([2H])c(N(c2cccc(N(c3ccc([Si](C)(C)C)cc3)c3cc(C)cc(Cl)c3)c2)c2c([2H])c([2H])c([2H])c([2H])c2[2H])c([2H])c1[2H].[2H]c1c([2H])c([2H])c(N(c2cccc(Nc3ccc([Si](C)(C)C)cc3)c2)c2c([2H])c([2H])c([2H])c([2H])c2[2H])c([2H])c1[2H]. The number of nitrogens with one attached hydrogen (secondary N) is 1. The zero-order valence-corrected chi connectivity index (χ0v) is 48.8. The molecular weight excluding hydrogens is 1080 g/mol. The fourth-order valence-corrected chi connectivity index (χ4v) is 11.6. The van der Waals surface area contributed by atoms with Crippen molar-refractivity contribution in [2.75, 3.05) is 20.0 Å². The number of para-hydroxylation sites is 4. The monoisotopic (exact) mass is 1160 g/mol. The Balaban J connectivity index is 0.000000222. The highest BCUT2D eigenvalue weighted by Crippen LogP contribution is 2.41. The van der Waals surface area contributed by atoms with Gasteiger partial charge in [-0.05, 0) is 170 Å². The third kappa shape index (κ3) is 15.5. The van der Waals surface area contributed by atoms with Crippen LogP contribution in [0.25, 0.3) is 0 Å². The second-order valence-electron chi connectivity index (χ2n) is 19.7. The molecule has 77 heavy (non-hydrogen) atoms. The first-order valence-electron chi connectivity index (χ1n) is 34.3. The standard InChI is InChI=1S/C34H33ClN2Si.C27H28N2Si.C7H6BrCl/c1-26-22-27(35)24-33(23-26)37(30-18-20-34(21-19-30)38(2,3)4)32-17-11-16-31(25-32)36(28-12-7-5-8-13-28)29-14-9-6-10-15-29;1-30(2,3)27-19-17-22(18-20-27)28-23-11-10-16-26(21-23)29(24-12-6-4-7-13-24)25-14-8-5-9-15-25;1-5-2-6(8)4-7(9)3-5/h5-25H,1-4H3;4-21,28H,1-3H3;2-4H,1H3/i5D,6D,7D,8D,9D,10D,12D,13D,14D,15D;4D,5D,6D,7D,8D,9D,12D,13D,14D,15D;. The Hall–Kier alpha value is -7.11. The summed E-state index contributed by atoms with van der Waals surface area (Å²) in [5.41, 5.74) is 4.64. The molecule has 0 saturated heterocycles. The van der Waals surface area contributed by atoms with Gasteiger partial charge in [-0.3, -0.25) is 0 Å². The fraction of sp³-hybridized carbons (Fsp3) is 0.118. The summed E-state index contributed by atoms with van der Waals surface area (Å²) in [7, 11) is -3.11. The van der Waals surface area contributed by atoms with Crippen LogP contribution in [0, 0.1) is 13.8 Å². The van der Waals surface area contributed by atoms with Crippen LogP contribution in [-0.4, -0.2) is 16.1 Å². The molecule has 10 aromatic carbocycles. The van der Waals surface area contributed by atoms with E-state index in [4.69, 9.17) is 50.6 Å². The van der Waals surface area contributed by atoms with Crippen molar-refractivity contribution in [2.45, 2.75) is 53.1 Å². The van der Waals surface area contributed by atoms with E-state index >= 15 is 0 Å². The molecule has 0 fully saturated rings. The molecule has 0 saturated carbocycles. The van der Waals surface area contributed by atoms with Gasteiger partial charge >= 0.3 is 0 Å². The average molecular weight is 1170 g/mol. The molecule has 0 aliphatic rings. The molecule has 0 unspecified atom stereocenters. The Morgan fingerprint density at radius 3 is 1.14 bits per heavy atom. The summed E-state index contributed by atoms with van der Waals surface area (Å²) in [4.78, 5) is 4.25. The Labute approximate surface area is 506 Å². The van der Waals surface area contributed by atoms with Gasteiger partial charge in [0.25, 0.3) is 0 Å². The van der Waals surface area contributed by atoms with E-state index in [0.717, 1.165) is 41.9 Å². The van der Waals surface area contributed by atoms with Crippen molar-refractivity contribution in [1.29, 1.82) is 0 Å². The minimum Gasteiger partial charge on any atom is -0.355 e. The van der Waals surface area contributed by atoms with Crippen LogP contribution in [0.15, 0.2) is 259 Å². The van der Waals surface area contributed by atoms with Crippen LogP contribution < -0.4 is 30.4 Å². The van der Waals surface area contributed by atoms with E-state index in [9.17, 15) is 0 Å². The fourth-order valence-electron chi connectivity index (χ4n) is 7.97. The van der Waals surface area contributed by atoms with E-state index in [2.05, 4.69) is 84.8 Å². The highest BCUT2D eigenvalue weighted by molar-refractivity contribution is 9.10. The molecule has 0 aliphatic carbocycles. The molecule has 9 heteroatoms. The van der Waals surface area contributed by atoms with Crippen molar-refractivity contribution in [1.82, 2.24) is 0 Å². The van der Waals surface area contributed by atoms with Gasteiger partial charge < -0.3 is 20.0 Å². The minimum atomic E-state index is -1.62. The number of hydrogen-bond donors (Lipinski definition) is 1. The van der Waals surface area contributed by atoms with Gasteiger partial charge in [-0.25, -0.2) is 0 Å². The summed E-state index contributed by atoms with van der Waals surface area (Å²) in [5, 5.41) is 7.15. The summed E-state index contributed by atoms with van der Waals surface area (Å²) in [6, 6.07) is 29.2. The van der Waals surface area contributed by atoms with Crippen molar-refractivity contribution < 1.29 is 27.4 Å². The molecule has 10 aromatic rings. The molecule has 0 bridgehead atoms. The summed E-state index contributed by atoms with van der Waals surface area (Å²) < 4.78 is 169. The smallest absolute Gasteiger partial charge is 0.0775 e. The van der Waals surface area contributed by atoms with Gasteiger partial charge in [-0.1, -0.05) is 198 Å². The van der Waals surface area contributed by atoms with E-state index in [1.165, 1.54) is 15.9 Å². The normalized spacial score (nSPS) is 14.7. The zero-order valence-electron chi connectivity index (χ0n) is 63.7. The first-order chi connectivity index (χ1) is 45.3. The average Bonchev–Trinajstić information content (AvgIpc) is 0.748. The minimum absolute atomic E-state index is 0.201. The van der Waals surface area contributed by atoms with Crippen molar-refractivity contribution in [3.63, 3.8) is 0 Å². The third-order valence-corrected chi connectivity index (χ3v) is 16.6. The first kappa shape index (κ1) is 35.3. The van der Waals surface area contributed by atoms with E-state index in [-0.39, 0.29) is 34.1 Å². The molecule has 0 heterocycles. The van der Waals surface area contributed by atoms with E-state index < -0.39 is 137 Å². The molecule has 10 rings (SSSR count). The second kappa shape index (κ2) is 25.8. The quantitative estimate of drug-likeness (QED) is 0.116. The lowest BCUT2D eigenvalue weighted by Gasteiger charge is -2.30. The molecule has 0 atom stereocenters. The lowest BCUT2D eigenvalue weighted by molar-refractivity contribution is 1.24. The first-order valence-corrected chi connectivity index (χ1v) is 32.9. The number of rotatable bonds is 13. The van der Waals surface area contributed by atoms with Gasteiger partial charge in [-0.15, -0.1) is 0 Å². The van der Waals surface area contributed by atoms with Gasteiger partial charge in [0.15, 0.2) is 0 Å². The number of anilines is 11. The molecule has 0 aliphatic heterocycles. The van der Waals surface area contributed by atoms with Crippen molar-refractivity contribution in [3.8, 4) is 0 Å². The summed E-state index contributed by atoms with van der Waals surface area (Å²) >= 11 is 15.6. The van der Waals surface area contributed by atoms with E-state index in [0.29, 0.717) is 16.4 Å². The summed E-state index contributed by atoms with van der Waals surface area (Å²) in [5.74, 6) is 0. The highest BCUT2D eigenvalue weighted by Gasteiger charge is 2.21. The lowest BCUT2D eigenvalue weighted by atomic mass is 10.1. The number of benzene rings is 10. The maximum absolute atomic E-state index is 8.79. The van der Waals surface area contributed by atoms with Crippen molar-refractivity contribution in [3.05, 3.63) is 280 Å². The van der Waals surface area contributed by atoms with Crippen LogP contribution in [0.3, 0.4) is 0 Å². The van der Waals surface area contributed by atoms with Crippen LogP contribution in [0.4, 0.5) is 62.6 Å². The number of halogens is 3. The van der Waals surface area contributed by atoms with Crippen LogP contribution in [0.5, 0.6) is 0 Å². The third-order valence-electron chi connectivity index (χ3n) is 11.6. The Bertz CT molecular complexity index is 4370. The van der Waals surface area contributed by atoms with Gasteiger partial charge in [0.2, 0.25) is 0 Å². The molecule has 0 spiro atoms. The van der Waals surface area contributed by atoms with Crippen LogP contribution >= 0.6 is 39.1 Å². The molecule has 0 amide bonds. The Morgan fingerprint density at radius 2 is 0.740 bits per heavy atom. The number of aryl methyl sites for hydroxylation is 2. The molecular formula is C68H67BrCl2N4Si2. The maximum Gasteiger partial charge on any atom is 0.0775 e. The Morgan fingerprint density at radius 1 is 0.364 bits per heavy atom. The van der Waals surface area contributed by atoms with Gasteiger partial charge in [0.1, 0.15) is 0 Å². The van der Waals surface area contributed by atoms with Gasteiger partial charge in [0, 0.05) is 77.1 Å². The predicted molar refractivity (Wildman–Crippen MR) is 346 cm³/mol. The molecule has 0 aromatic heterocycles. The van der Waals surface area contributed by atoms with E-state index in [1.54, 1.807) is 42.5 Å². The van der Waals surface area contributed by atoms with Crippen LogP contribution in [0.1, 0.15) is 38.5 Å². The van der Waals surface area contributed by atoms with Crippen molar-refractivity contribution >= 4 is 128 Å². The summed E-state index contributed by atoms with van der Waals surface area (Å²) in [6.45, 7) is 17.5. The van der Waals surface area contributed by atoms with Crippen LogP contribution in [0.2, 0.25) is 49.3 Å². The molecule has 0 radical (unpaired) electrons. The van der Waals surface area contributed by atoms with Gasteiger partial charge in [0.05, 0.1) is 43.6 Å². The topological polar surface area (TPSA) is 21.8 Å². The summed E-state index contributed by atoms with van der Waals surface area (Å²) in [6.07, 6.45) is 0. The zero-order chi connectivity index (χ0) is 71.9. The molecule has 1 N–H and O–H groups in total. The number of nitrogens with zero attached hydrogens (tertiary/aromatic N) is 3. The second-order valence-corrected chi connectivity index (χ2v) is 31.6. The van der Waals surface area contributed by atoms with Crippen molar-refractivity contribution in [2.24, 2.45) is 0 Å².